The summed E-state index contributed by atoms with van der Waals surface area (Å²) in [7, 11) is 0. The van der Waals surface area contributed by atoms with Crippen molar-refractivity contribution in [2.24, 2.45) is 0 Å². The third-order valence-electron chi connectivity index (χ3n) is 2.39. The minimum Gasteiger partial charge on any atom is -0.490 e. The molecule has 0 radical (unpaired) electrons. The first-order valence-electron chi connectivity index (χ1n) is 5.83. The number of aromatic nitrogens is 1. The molecule has 2 aromatic rings. The lowest BCUT2D eigenvalue weighted by Gasteiger charge is -2.07. The summed E-state index contributed by atoms with van der Waals surface area (Å²) in [5.74, 6) is 0.401. The van der Waals surface area contributed by atoms with Gasteiger partial charge in [0.1, 0.15) is 30.3 Å². The van der Waals surface area contributed by atoms with Gasteiger partial charge in [-0.3, -0.25) is 0 Å². The Kier molecular flexibility index (Phi) is 4.34. The minimum atomic E-state index is -0.498. The fourth-order valence-electron chi connectivity index (χ4n) is 1.48. The van der Waals surface area contributed by atoms with Crippen LogP contribution in [0.4, 0.5) is 5.82 Å². The first-order chi connectivity index (χ1) is 9.27. The van der Waals surface area contributed by atoms with Gasteiger partial charge >= 0.3 is 5.97 Å². The Bertz CT molecular complexity index is 543. The topological polar surface area (TPSA) is 74.4 Å². The predicted octanol–water partition coefficient (Wildman–Crippen LogP) is 1.90. The highest BCUT2D eigenvalue weighted by Crippen LogP contribution is 2.10. The third kappa shape index (κ3) is 3.70. The molecule has 0 spiro atoms. The number of hydrogen-bond donors (Lipinski definition) is 1. The van der Waals surface area contributed by atoms with Crippen molar-refractivity contribution in [3.63, 3.8) is 0 Å². The molecule has 0 saturated carbocycles. The van der Waals surface area contributed by atoms with Crippen molar-refractivity contribution in [3.8, 4) is 5.75 Å². The van der Waals surface area contributed by atoms with E-state index in [1.807, 2.05) is 30.3 Å². The van der Waals surface area contributed by atoms with Crippen LogP contribution in [0.5, 0.6) is 5.75 Å². The quantitative estimate of drug-likeness (QED) is 0.655. The number of nitrogen functional groups attached to an aromatic ring is 1. The first kappa shape index (κ1) is 12.9. The molecule has 5 heteroatoms. The Hall–Kier alpha value is -2.56. The number of carbonyl (C=O) groups is 1. The highest BCUT2D eigenvalue weighted by molar-refractivity contribution is 5.93. The van der Waals surface area contributed by atoms with E-state index in [2.05, 4.69) is 4.98 Å². The number of carbonyl (C=O) groups excluding carboxylic acids is 1. The van der Waals surface area contributed by atoms with Crippen LogP contribution in [0.15, 0.2) is 48.7 Å². The first-order valence-corrected chi connectivity index (χ1v) is 5.83. The van der Waals surface area contributed by atoms with Crippen molar-refractivity contribution >= 4 is 11.8 Å². The Morgan fingerprint density at radius 2 is 1.89 bits per heavy atom. The molecule has 0 fully saturated rings. The number of esters is 1. The Morgan fingerprint density at radius 3 is 2.63 bits per heavy atom. The van der Waals surface area contributed by atoms with E-state index in [-0.39, 0.29) is 24.6 Å². The van der Waals surface area contributed by atoms with Crippen LogP contribution in [-0.4, -0.2) is 24.2 Å². The number of rotatable bonds is 5. The van der Waals surface area contributed by atoms with Gasteiger partial charge in [-0.05, 0) is 24.3 Å². The van der Waals surface area contributed by atoms with Crippen LogP contribution in [0.1, 0.15) is 10.4 Å². The van der Waals surface area contributed by atoms with Gasteiger partial charge < -0.3 is 15.2 Å². The summed E-state index contributed by atoms with van der Waals surface area (Å²) in [6.45, 7) is 0.442. The molecule has 0 amide bonds. The Balaban J connectivity index is 1.77. The van der Waals surface area contributed by atoms with Crippen LogP contribution in [0.2, 0.25) is 0 Å². The standard InChI is InChI=1S/C14H14N2O3/c15-13-12(7-4-8-16-13)14(17)19-10-9-18-11-5-2-1-3-6-11/h1-8H,9-10H2,(H2,15,16). The molecule has 2 rings (SSSR count). The summed E-state index contributed by atoms with van der Waals surface area (Å²) in [5.41, 5.74) is 5.84. The van der Waals surface area contributed by atoms with Gasteiger partial charge in [0.05, 0.1) is 0 Å². The molecule has 0 saturated heterocycles. The van der Waals surface area contributed by atoms with E-state index in [9.17, 15) is 4.79 Å². The smallest absolute Gasteiger partial charge is 0.342 e. The fraction of sp³-hybridized carbons (Fsp3) is 0.143. The maximum atomic E-state index is 11.7. The van der Waals surface area contributed by atoms with E-state index >= 15 is 0 Å². The second kappa shape index (κ2) is 6.39. The molecule has 2 N–H and O–H groups in total. The maximum Gasteiger partial charge on any atom is 0.342 e. The predicted molar refractivity (Wildman–Crippen MR) is 70.9 cm³/mol. The molecule has 1 aromatic heterocycles. The molecule has 0 atom stereocenters. The van der Waals surface area contributed by atoms with Gasteiger partial charge in [-0.2, -0.15) is 0 Å². The highest BCUT2D eigenvalue weighted by Gasteiger charge is 2.10. The average molecular weight is 258 g/mol. The molecule has 19 heavy (non-hydrogen) atoms. The molecule has 5 nitrogen and oxygen atoms in total. The van der Waals surface area contributed by atoms with E-state index in [1.54, 1.807) is 12.1 Å². The molecule has 1 heterocycles. The molecular formula is C14H14N2O3. The number of pyridine rings is 1. The lowest BCUT2D eigenvalue weighted by atomic mass is 10.2. The molecule has 98 valence electrons. The molecule has 0 unspecified atom stereocenters. The van der Waals surface area contributed by atoms with E-state index in [1.165, 1.54) is 6.20 Å². The number of nitrogens with zero attached hydrogens (tertiary/aromatic N) is 1. The van der Waals surface area contributed by atoms with E-state index in [4.69, 9.17) is 15.2 Å². The van der Waals surface area contributed by atoms with Crippen LogP contribution >= 0.6 is 0 Å². The molecule has 0 bridgehead atoms. The van der Waals surface area contributed by atoms with Crippen molar-refractivity contribution in [2.75, 3.05) is 18.9 Å². The maximum absolute atomic E-state index is 11.7. The van der Waals surface area contributed by atoms with Crippen LogP contribution in [0, 0.1) is 0 Å². The van der Waals surface area contributed by atoms with Gasteiger partial charge in [0.25, 0.3) is 0 Å². The number of hydrogen-bond acceptors (Lipinski definition) is 5. The van der Waals surface area contributed by atoms with Gasteiger partial charge in [-0.25, -0.2) is 9.78 Å². The molecule has 1 aromatic carbocycles. The zero-order chi connectivity index (χ0) is 13.5. The summed E-state index contributed by atoms with van der Waals surface area (Å²) in [5, 5.41) is 0. The fourth-order valence-corrected chi connectivity index (χ4v) is 1.48. The second-order valence-corrected chi connectivity index (χ2v) is 3.73. The molecule has 0 aliphatic carbocycles. The number of ether oxygens (including phenoxy) is 2. The molecule has 0 aliphatic rings. The summed E-state index contributed by atoms with van der Waals surface area (Å²) in [6.07, 6.45) is 1.52. The Labute approximate surface area is 111 Å². The van der Waals surface area contributed by atoms with Gasteiger partial charge in [0.15, 0.2) is 0 Å². The van der Waals surface area contributed by atoms with E-state index in [0.29, 0.717) is 0 Å². The normalized spacial score (nSPS) is 9.89. The summed E-state index contributed by atoms with van der Waals surface area (Å²) < 4.78 is 10.4. The van der Waals surface area contributed by atoms with Gasteiger partial charge in [0, 0.05) is 6.20 Å². The van der Waals surface area contributed by atoms with Crippen molar-refractivity contribution in [2.45, 2.75) is 0 Å². The zero-order valence-electron chi connectivity index (χ0n) is 10.3. The lowest BCUT2D eigenvalue weighted by Crippen LogP contribution is -2.14. The number of para-hydroxylation sites is 1. The third-order valence-corrected chi connectivity index (χ3v) is 2.39. The van der Waals surface area contributed by atoms with Crippen molar-refractivity contribution < 1.29 is 14.3 Å². The largest absolute Gasteiger partial charge is 0.490 e. The van der Waals surface area contributed by atoms with Crippen LogP contribution in [0.3, 0.4) is 0 Å². The van der Waals surface area contributed by atoms with Crippen molar-refractivity contribution in [1.82, 2.24) is 4.98 Å². The molecule has 0 aliphatic heterocycles. The molecular weight excluding hydrogens is 244 g/mol. The highest BCUT2D eigenvalue weighted by atomic mass is 16.6. The van der Waals surface area contributed by atoms with Crippen LogP contribution in [-0.2, 0) is 4.74 Å². The van der Waals surface area contributed by atoms with Gasteiger partial charge in [-0.15, -0.1) is 0 Å². The SMILES string of the molecule is Nc1ncccc1C(=O)OCCOc1ccccc1. The van der Waals surface area contributed by atoms with Gasteiger partial charge in [-0.1, -0.05) is 18.2 Å². The number of benzene rings is 1. The van der Waals surface area contributed by atoms with E-state index in [0.717, 1.165) is 5.75 Å². The van der Waals surface area contributed by atoms with Crippen molar-refractivity contribution in [3.05, 3.63) is 54.2 Å². The summed E-state index contributed by atoms with van der Waals surface area (Å²) in [4.78, 5) is 15.5. The minimum absolute atomic E-state index is 0.155. The Morgan fingerprint density at radius 1 is 1.11 bits per heavy atom. The number of anilines is 1. The van der Waals surface area contributed by atoms with Crippen molar-refractivity contribution in [1.29, 1.82) is 0 Å². The lowest BCUT2D eigenvalue weighted by molar-refractivity contribution is 0.0451. The van der Waals surface area contributed by atoms with Crippen LogP contribution < -0.4 is 10.5 Å². The zero-order valence-corrected chi connectivity index (χ0v) is 10.3. The van der Waals surface area contributed by atoms with Crippen LogP contribution in [0.25, 0.3) is 0 Å². The summed E-state index contributed by atoms with van der Waals surface area (Å²) in [6, 6.07) is 12.5. The monoisotopic (exact) mass is 258 g/mol. The van der Waals surface area contributed by atoms with E-state index < -0.39 is 5.97 Å². The average Bonchev–Trinajstić information content (AvgIpc) is 2.45. The van der Waals surface area contributed by atoms with Gasteiger partial charge in [0.2, 0.25) is 0 Å². The summed E-state index contributed by atoms with van der Waals surface area (Å²) >= 11 is 0. The second-order valence-electron chi connectivity index (χ2n) is 3.73. The number of nitrogens with two attached hydrogens (primary N) is 1.